The molecule has 0 amide bonds. The predicted molar refractivity (Wildman–Crippen MR) is 184 cm³/mol. The van der Waals surface area contributed by atoms with Gasteiger partial charge >= 0.3 is 0 Å². The number of rotatable bonds is 10. The smallest absolute Gasteiger partial charge is 0.239 e. The molecule has 6 rings (SSSR count). The summed E-state index contributed by atoms with van der Waals surface area (Å²) in [5, 5.41) is 115. The van der Waals surface area contributed by atoms with Crippen LogP contribution in [-0.2, 0) is 20.6 Å². The van der Waals surface area contributed by atoms with E-state index in [0.717, 1.165) is 18.2 Å². The van der Waals surface area contributed by atoms with Gasteiger partial charge < -0.3 is 89.0 Å². The maximum atomic E-state index is 14.3. The standard InChI is InChI=1S/C36H40O19/c1-12-24(41)28(45)30(47)35(52-12)51-11-22-26(43)29(46)31(48)36(53-22)55-34-27(44)23-19(40)10-17(38)15(6-13-7-20(49-2)25(42)21(8-13)50-3)33(23)54-32(34)14-4-5-16(37)18(39)9-14/h4-5,7-10,12,22,24,26,28-31,35-43,45-48H,6,11H2,1-3H3. The Morgan fingerprint density at radius 2 is 1.33 bits per heavy atom. The van der Waals surface area contributed by atoms with Gasteiger partial charge in [0.05, 0.1) is 26.9 Å². The quantitative estimate of drug-likeness (QED) is 0.0915. The van der Waals surface area contributed by atoms with Crippen molar-refractivity contribution in [3.05, 3.63) is 57.7 Å². The van der Waals surface area contributed by atoms with E-state index in [4.69, 9.17) is 32.8 Å². The zero-order valence-electron chi connectivity index (χ0n) is 29.3. The first-order valence-corrected chi connectivity index (χ1v) is 16.7. The van der Waals surface area contributed by atoms with Crippen LogP contribution < -0.4 is 19.6 Å². The fraction of sp³-hybridized carbons (Fsp3) is 0.417. The summed E-state index contributed by atoms with van der Waals surface area (Å²) in [7, 11) is 2.61. The summed E-state index contributed by atoms with van der Waals surface area (Å²) in [6.07, 6.45) is -16.9. The van der Waals surface area contributed by atoms with E-state index >= 15 is 0 Å². The summed E-state index contributed by atoms with van der Waals surface area (Å²) in [5.74, 6) is -4.01. The molecule has 11 N–H and O–H groups in total. The van der Waals surface area contributed by atoms with Gasteiger partial charge in [0.15, 0.2) is 35.0 Å². The first-order valence-electron chi connectivity index (χ1n) is 16.7. The van der Waals surface area contributed by atoms with Crippen LogP contribution in [0.25, 0.3) is 22.3 Å². The number of aliphatic hydroxyl groups is 6. The second kappa shape index (κ2) is 15.6. The van der Waals surface area contributed by atoms with E-state index in [2.05, 4.69) is 0 Å². The van der Waals surface area contributed by atoms with Gasteiger partial charge in [-0.3, -0.25) is 4.79 Å². The fourth-order valence-electron chi connectivity index (χ4n) is 6.36. The van der Waals surface area contributed by atoms with E-state index in [1.54, 1.807) is 0 Å². The number of phenolic OH excluding ortho intramolecular Hbond substituents is 5. The molecule has 10 atom stereocenters. The summed E-state index contributed by atoms with van der Waals surface area (Å²) in [4.78, 5) is 14.3. The van der Waals surface area contributed by atoms with E-state index in [-0.39, 0.29) is 40.4 Å². The van der Waals surface area contributed by atoms with Crippen molar-refractivity contribution in [3.8, 4) is 57.3 Å². The predicted octanol–water partition coefficient (Wildman–Crippen LogP) is -0.373. The average molecular weight is 777 g/mol. The number of fused-ring (bicyclic) bond motifs is 1. The zero-order chi connectivity index (χ0) is 40.0. The van der Waals surface area contributed by atoms with Crippen molar-refractivity contribution in [2.24, 2.45) is 0 Å². The summed E-state index contributed by atoms with van der Waals surface area (Å²) in [6, 6.07) is 7.02. The van der Waals surface area contributed by atoms with E-state index in [0.29, 0.717) is 5.56 Å². The van der Waals surface area contributed by atoms with Crippen molar-refractivity contribution >= 4 is 11.0 Å². The summed E-state index contributed by atoms with van der Waals surface area (Å²) >= 11 is 0. The lowest BCUT2D eigenvalue weighted by Crippen LogP contribution is -2.61. The number of phenols is 5. The molecule has 298 valence electrons. The third-order valence-corrected chi connectivity index (χ3v) is 9.48. The second-order valence-corrected chi connectivity index (χ2v) is 13.1. The molecule has 19 nitrogen and oxygen atoms in total. The van der Waals surface area contributed by atoms with Gasteiger partial charge in [-0.15, -0.1) is 0 Å². The highest BCUT2D eigenvalue weighted by atomic mass is 16.7. The molecule has 0 spiro atoms. The summed E-state index contributed by atoms with van der Waals surface area (Å²) in [5.41, 5.74) is -1.25. The first-order chi connectivity index (χ1) is 26.1. The molecule has 2 saturated heterocycles. The highest BCUT2D eigenvalue weighted by Crippen LogP contribution is 2.43. The largest absolute Gasteiger partial charge is 0.507 e. The van der Waals surface area contributed by atoms with Crippen LogP contribution in [0.15, 0.2) is 45.6 Å². The number of ether oxygens (including phenoxy) is 6. The minimum atomic E-state index is -2.04. The van der Waals surface area contributed by atoms with Crippen LogP contribution >= 0.6 is 0 Å². The van der Waals surface area contributed by atoms with Crippen LogP contribution in [0.1, 0.15) is 18.1 Å². The minimum absolute atomic E-state index is 0.0183. The fourth-order valence-corrected chi connectivity index (χ4v) is 6.36. The van der Waals surface area contributed by atoms with Crippen LogP contribution in [0.4, 0.5) is 0 Å². The van der Waals surface area contributed by atoms with E-state index in [1.807, 2.05) is 0 Å². The van der Waals surface area contributed by atoms with Gasteiger partial charge in [-0.05, 0) is 42.8 Å². The Kier molecular flexibility index (Phi) is 11.2. The van der Waals surface area contributed by atoms with E-state index in [1.165, 1.54) is 39.3 Å². The summed E-state index contributed by atoms with van der Waals surface area (Å²) in [6.45, 7) is 0.764. The first kappa shape index (κ1) is 39.6. The molecule has 0 radical (unpaired) electrons. The molecule has 0 aliphatic carbocycles. The van der Waals surface area contributed by atoms with Gasteiger partial charge in [-0.25, -0.2) is 0 Å². The molecule has 19 heteroatoms. The Bertz CT molecular complexity index is 2080. The minimum Gasteiger partial charge on any atom is -0.507 e. The number of aromatic hydroxyl groups is 5. The van der Waals surface area contributed by atoms with Gasteiger partial charge in [0.2, 0.25) is 23.2 Å². The molecule has 3 aromatic carbocycles. The Balaban J connectivity index is 1.42. The Morgan fingerprint density at radius 3 is 1.96 bits per heavy atom. The molecule has 0 saturated carbocycles. The molecule has 2 fully saturated rings. The molecule has 10 unspecified atom stereocenters. The number of aliphatic hydroxyl groups excluding tert-OH is 6. The van der Waals surface area contributed by atoms with Crippen molar-refractivity contribution in [2.45, 2.75) is 74.8 Å². The third-order valence-electron chi connectivity index (χ3n) is 9.48. The van der Waals surface area contributed by atoms with Crippen LogP contribution in [0, 0.1) is 0 Å². The maximum absolute atomic E-state index is 14.3. The molecule has 4 aromatic rings. The lowest BCUT2D eigenvalue weighted by Gasteiger charge is -2.42. The molecule has 0 bridgehead atoms. The van der Waals surface area contributed by atoms with Crippen LogP contribution in [0.3, 0.4) is 0 Å². The van der Waals surface area contributed by atoms with Gasteiger partial charge in [-0.2, -0.15) is 0 Å². The lowest BCUT2D eigenvalue weighted by molar-refractivity contribution is -0.318. The molecular formula is C36H40O19. The van der Waals surface area contributed by atoms with Crippen LogP contribution in [0.2, 0.25) is 0 Å². The molecule has 2 aliphatic heterocycles. The molecule has 55 heavy (non-hydrogen) atoms. The Hall–Kier alpha value is -5.09. The number of methoxy groups -OCH3 is 2. The van der Waals surface area contributed by atoms with Crippen molar-refractivity contribution < 1.29 is 89.0 Å². The van der Waals surface area contributed by atoms with Gasteiger partial charge in [-0.1, -0.05) is 0 Å². The van der Waals surface area contributed by atoms with Crippen molar-refractivity contribution in [2.75, 3.05) is 20.8 Å². The number of benzene rings is 3. The lowest BCUT2D eigenvalue weighted by atomic mass is 9.98. The Labute approximate surface area is 310 Å². The topological polar surface area (TPSA) is 308 Å². The maximum Gasteiger partial charge on any atom is 0.239 e. The zero-order valence-corrected chi connectivity index (χ0v) is 29.3. The number of hydrogen-bond donors (Lipinski definition) is 11. The third kappa shape index (κ3) is 7.36. The van der Waals surface area contributed by atoms with Crippen LogP contribution in [0.5, 0.6) is 46.0 Å². The Morgan fingerprint density at radius 1 is 0.691 bits per heavy atom. The van der Waals surface area contributed by atoms with Gasteiger partial charge in [0, 0.05) is 23.6 Å². The SMILES string of the molecule is COc1cc(Cc2c(O)cc(O)c3c(=O)c(OC4OC(COC5OC(C)C(O)C(O)C5O)C(O)C(O)C4O)c(-c4ccc(O)c(O)c4)oc23)cc(OC)c1O. The van der Waals surface area contributed by atoms with Gasteiger partial charge in [0.25, 0.3) is 0 Å². The molecule has 1 aromatic heterocycles. The summed E-state index contributed by atoms with van der Waals surface area (Å²) < 4.78 is 39.1. The highest BCUT2D eigenvalue weighted by molar-refractivity contribution is 5.91. The van der Waals surface area contributed by atoms with Gasteiger partial charge in [0.1, 0.15) is 65.2 Å². The second-order valence-electron chi connectivity index (χ2n) is 13.1. The highest BCUT2D eigenvalue weighted by Gasteiger charge is 2.48. The molecule has 3 heterocycles. The molecule has 2 aliphatic rings. The molecular weight excluding hydrogens is 736 g/mol. The average Bonchev–Trinajstić information content (AvgIpc) is 3.15. The van der Waals surface area contributed by atoms with E-state index in [9.17, 15) is 61.0 Å². The van der Waals surface area contributed by atoms with E-state index < -0.39 is 113 Å². The normalized spacial score (nSPS) is 28.2. The monoisotopic (exact) mass is 776 g/mol. The van der Waals surface area contributed by atoms with Crippen LogP contribution in [-0.4, -0.2) is 138 Å². The number of hydrogen-bond acceptors (Lipinski definition) is 19. The van der Waals surface area contributed by atoms with Crippen molar-refractivity contribution in [1.82, 2.24) is 0 Å². The van der Waals surface area contributed by atoms with Crippen molar-refractivity contribution in [3.63, 3.8) is 0 Å². The van der Waals surface area contributed by atoms with Crippen molar-refractivity contribution in [1.29, 1.82) is 0 Å².